The van der Waals surface area contributed by atoms with Gasteiger partial charge in [0.15, 0.2) is 0 Å². The molecule has 1 fully saturated rings. The van der Waals surface area contributed by atoms with Crippen LogP contribution in [0.2, 0.25) is 0 Å². The van der Waals surface area contributed by atoms with Gasteiger partial charge in [-0.3, -0.25) is 4.79 Å². The molecule has 3 aromatic rings. The molecular weight excluding hydrogens is 276 g/mol. The van der Waals surface area contributed by atoms with Gasteiger partial charge in [-0.25, -0.2) is 4.98 Å². The quantitative estimate of drug-likeness (QED) is 0.780. The average molecular weight is 294 g/mol. The number of amides is 1. The van der Waals surface area contributed by atoms with E-state index in [9.17, 15) is 4.79 Å². The van der Waals surface area contributed by atoms with Crippen molar-refractivity contribution in [2.45, 2.75) is 19.3 Å². The molecule has 5 nitrogen and oxygen atoms in total. The number of fused-ring (bicyclic) bond motifs is 1. The Kier molecular flexibility index (Phi) is 2.99. The van der Waals surface area contributed by atoms with Crippen molar-refractivity contribution < 1.29 is 4.79 Å². The first-order valence-corrected chi connectivity index (χ1v) is 7.66. The van der Waals surface area contributed by atoms with Crippen LogP contribution >= 0.6 is 0 Å². The number of nitrogens with one attached hydrogen (secondary N) is 2. The third-order valence-electron chi connectivity index (χ3n) is 4.32. The highest BCUT2D eigenvalue weighted by Crippen LogP contribution is 2.27. The summed E-state index contributed by atoms with van der Waals surface area (Å²) in [7, 11) is 0. The molecule has 0 bridgehead atoms. The van der Waals surface area contributed by atoms with Crippen molar-refractivity contribution in [3.8, 4) is 0 Å². The Balaban J connectivity index is 1.46. The minimum atomic E-state index is 0.0760. The standard InChI is InChI=1S/C17H18N4O/c1-2-12-7-8-15(18-12)17(22)21-9-11(10-21)16-19-13-5-3-4-6-14(13)20-16/h3-8,11,18H,2,9-10H2,1H3,(H,19,20). The molecule has 1 saturated heterocycles. The fraction of sp³-hybridized carbons (Fsp3) is 0.294. The second kappa shape index (κ2) is 5.02. The summed E-state index contributed by atoms with van der Waals surface area (Å²) in [6.45, 7) is 3.51. The lowest BCUT2D eigenvalue weighted by atomic mass is 9.99. The van der Waals surface area contributed by atoms with Crippen LogP contribution in [0.5, 0.6) is 0 Å². The van der Waals surface area contributed by atoms with E-state index < -0.39 is 0 Å². The fourth-order valence-electron chi connectivity index (χ4n) is 2.92. The molecule has 4 rings (SSSR count). The zero-order chi connectivity index (χ0) is 15.1. The smallest absolute Gasteiger partial charge is 0.270 e. The van der Waals surface area contributed by atoms with Gasteiger partial charge in [-0.1, -0.05) is 19.1 Å². The number of benzene rings is 1. The monoisotopic (exact) mass is 294 g/mol. The normalized spacial score (nSPS) is 15.2. The van der Waals surface area contributed by atoms with Gasteiger partial charge in [0, 0.05) is 18.8 Å². The van der Waals surface area contributed by atoms with Crippen LogP contribution < -0.4 is 0 Å². The first kappa shape index (κ1) is 13.1. The summed E-state index contributed by atoms with van der Waals surface area (Å²) >= 11 is 0. The minimum absolute atomic E-state index is 0.0760. The topological polar surface area (TPSA) is 64.8 Å². The molecule has 0 spiro atoms. The first-order valence-electron chi connectivity index (χ1n) is 7.66. The minimum Gasteiger partial charge on any atom is -0.354 e. The molecule has 3 heterocycles. The zero-order valence-electron chi connectivity index (χ0n) is 12.5. The van der Waals surface area contributed by atoms with E-state index in [0.717, 1.165) is 42.1 Å². The first-order chi connectivity index (χ1) is 10.7. The molecule has 2 aromatic heterocycles. The van der Waals surface area contributed by atoms with Crippen molar-refractivity contribution in [3.05, 3.63) is 53.6 Å². The van der Waals surface area contributed by atoms with E-state index in [0.29, 0.717) is 11.6 Å². The van der Waals surface area contributed by atoms with Crippen LogP contribution in [0.15, 0.2) is 36.4 Å². The average Bonchev–Trinajstić information content (AvgIpc) is 3.12. The number of carbonyl (C=O) groups excluding carboxylic acids is 1. The highest BCUT2D eigenvalue weighted by atomic mass is 16.2. The maximum absolute atomic E-state index is 12.4. The summed E-state index contributed by atoms with van der Waals surface area (Å²) in [5, 5.41) is 0. The number of nitrogens with zero attached hydrogens (tertiary/aromatic N) is 2. The summed E-state index contributed by atoms with van der Waals surface area (Å²) in [4.78, 5) is 25.4. The highest BCUT2D eigenvalue weighted by Gasteiger charge is 2.34. The van der Waals surface area contributed by atoms with E-state index in [4.69, 9.17) is 0 Å². The predicted molar refractivity (Wildman–Crippen MR) is 84.9 cm³/mol. The van der Waals surface area contributed by atoms with Crippen LogP contribution in [0.1, 0.15) is 34.8 Å². The van der Waals surface area contributed by atoms with Crippen LogP contribution in [-0.4, -0.2) is 38.8 Å². The predicted octanol–water partition coefficient (Wildman–Crippen LogP) is 2.69. The van der Waals surface area contributed by atoms with E-state index in [2.05, 4.69) is 21.9 Å². The van der Waals surface area contributed by atoms with Gasteiger partial charge in [-0.05, 0) is 30.7 Å². The van der Waals surface area contributed by atoms with Gasteiger partial charge in [0.05, 0.1) is 17.0 Å². The number of hydrogen-bond acceptors (Lipinski definition) is 2. The van der Waals surface area contributed by atoms with Crippen LogP contribution in [0.4, 0.5) is 0 Å². The van der Waals surface area contributed by atoms with Crippen molar-refractivity contribution in [1.29, 1.82) is 0 Å². The Morgan fingerprint density at radius 2 is 2.05 bits per heavy atom. The molecule has 0 unspecified atom stereocenters. The zero-order valence-corrected chi connectivity index (χ0v) is 12.5. The van der Waals surface area contributed by atoms with Gasteiger partial charge in [-0.2, -0.15) is 0 Å². The maximum atomic E-state index is 12.4. The molecule has 22 heavy (non-hydrogen) atoms. The molecule has 1 aromatic carbocycles. The molecule has 112 valence electrons. The molecule has 2 N–H and O–H groups in total. The fourth-order valence-corrected chi connectivity index (χ4v) is 2.92. The number of hydrogen-bond donors (Lipinski definition) is 2. The Labute approximate surface area is 128 Å². The van der Waals surface area contributed by atoms with E-state index in [1.54, 1.807) is 0 Å². The lowest BCUT2D eigenvalue weighted by Crippen LogP contribution is -2.48. The summed E-state index contributed by atoms with van der Waals surface area (Å²) in [6.07, 6.45) is 0.912. The number of para-hydroxylation sites is 2. The molecular formula is C17H18N4O. The second-order valence-electron chi connectivity index (χ2n) is 5.80. The Morgan fingerprint density at radius 3 is 2.77 bits per heavy atom. The number of carbonyl (C=O) groups is 1. The van der Waals surface area contributed by atoms with Crippen LogP contribution in [0, 0.1) is 0 Å². The summed E-state index contributed by atoms with van der Waals surface area (Å²) in [5.41, 5.74) is 3.82. The lowest BCUT2D eigenvalue weighted by molar-refractivity contribution is 0.0590. The number of H-pyrrole nitrogens is 2. The Morgan fingerprint density at radius 1 is 1.23 bits per heavy atom. The maximum Gasteiger partial charge on any atom is 0.270 e. The number of likely N-dealkylation sites (tertiary alicyclic amines) is 1. The molecule has 0 atom stereocenters. The van der Waals surface area contributed by atoms with Gasteiger partial charge in [0.1, 0.15) is 11.5 Å². The molecule has 0 saturated carbocycles. The van der Waals surface area contributed by atoms with E-state index in [1.807, 2.05) is 41.3 Å². The number of aryl methyl sites for hydroxylation is 1. The molecule has 0 aliphatic carbocycles. The van der Waals surface area contributed by atoms with Crippen molar-refractivity contribution in [2.75, 3.05) is 13.1 Å². The van der Waals surface area contributed by atoms with Gasteiger partial charge in [0.25, 0.3) is 5.91 Å². The Hall–Kier alpha value is -2.56. The van der Waals surface area contributed by atoms with E-state index in [-0.39, 0.29) is 5.91 Å². The van der Waals surface area contributed by atoms with Gasteiger partial charge in [-0.15, -0.1) is 0 Å². The summed E-state index contributed by atoms with van der Waals surface area (Å²) in [5.74, 6) is 1.36. The van der Waals surface area contributed by atoms with Crippen molar-refractivity contribution >= 4 is 16.9 Å². The molecule has 0 radical (unpaired) electrons. The SMILES string of the molecule is CCc1ccc(C(=O)N2CC(c3nc4ccccc4[nH]3)C2)[nH]1. The van der Waals surface area contributed by atoms with Crippen molar-refractivity contribution in [3.63, 3.8) is 0 Å². The van der Waals surface area contributed by atoms with E-state index in [1.165, 1.54) is 0 Å². The van der Waals surface area contributed by atoms with Crippen molar-refractivity contribution in [2.24, 2.45) is 0 Å². The second-order valence-corrected chi connectivity index (χ2v) is 5.80. The molecule has 5 heteroatoms. The highest BCUT2D eigenvalue weighted by molar-refractivity contribution is 5.93. The third kappa shape index (κ3) is 2.09. The lowest BCUT2D eigenvalue weighted by Gasteiger charge is -2.37. The van der Waals surface area contributed by atoms with Gasteiger partial charge >= 0.3 is 0 Å². The van der Waals surface area contributed by atoms with Crippen LogP contribution in [0.25, 0.3) is 11.0 Å². The molecule has 1 aliphatic rings. The van der Waals surface area contributed by atoms with Gasteiger partial charge < -0.3 is 14.9 Å². The third-order valence-corrected chi connectivity index (χ3v) is 4.32. The van der Waals surface area contributed by atoms with Gasteiger partial charge in [0.2, 0.25) is 0 Å². The molecule has 1 aliphatic heterocycles. The number of rotatable bonds is 3. The largest absolute Gasteiger partial charge is 0.354 e. The Bertz CT molecular complexity index is 793. The van der Waals surface area contributed by atoms with Crippen LogP contribution in [0.3, 0.4) is 0 Å². The number of aromatic nitrogens is 3. The van der Waals surface area contributed by atoms with E-state index >= 15 is 0 Å². The van der Waals surface area contributed by atoms with Crippen molar-refractivity contribution in [1.82, 2.24) is 19.9 Å². The summed E-state index contributed by atoms with van der Waals surface area (Å²) < 4.78 is 0. The molecule has 1 amide bonds. The summed E-state index contributed by atoms with van der Waals surface area (Å²) in [6, 6.07) is 11.9. The van der Waals surface area contributed by atoms with Crippen LogP contribution in [-0.2, 0) is 6.42 Å². The number of aromatic amines is 2. The number of imidazole rings is 1.